The highest BCUT2D eigenvalue weighted by molar-refractivity contribution is 7.24. The van der Waals surface area contributed by atoms with E-state index in [1.807, 2.05) is 17.9 Å². The molecule has 0 atom stereocenters. The van der Waals surface area contributed by atoms with Gasteiger partial charge in [-0.3, -0.25) is 9.59 Å². The van der Waals surface area contributed by atoms with E-state index in [9.17, 15) is 18.4 Å². The normalized spacial score (nSPS) is 18.4. The van der Waals surface area contributed by atoms with E-state index in [4.69, 9.17) is 4.98 Å². The molecule has 0 unspecified atom stereocenters. The van der Waals surface area contributed by atoms with Crippen LogP contribution in [0.5, 0.6) is 0 Å². The Bertz CT molecular complexity index is 1270. The van der Waals surface area contributed by atoms with Gasteiger partial charge in [0.2, 0.25) is 11.8 Å². The molecular weight excluding hydrogens is 508 g/mol. The van der Waals surface area contributed by atoms with Crippen LogP contribution in [-0.4, -0.2) is 89.9 Å². The van der Waals surface area contributed by atoms with Crippen LogP contribution in [0.2, 0.25) is 0 Å². The second-order valence-corrected chi connectivity index (χ2v) is 11.3. The van der Waals surface area contributed by atoms with Crippen LogP contribution >= 0.6 is 22.7 Å². The van der Waals surface area contributed by atoms with Gasteiger partial charge in [-0.05, 0) is 32.4 Å². The number of hydrogen-bond acceptors (Lipinski definition) is 9. The fraction of sp³-hybridized carbons (Fsp3) is 0.565. The highest BCUT2D eigenvalue weighted by Crippen LogP contribution is 2.37. The number of anilines is 2. The van der Waals surface area contributed by atoms with Gasteiger partial charge in [0, 0.05) is 38.2 Å². The van der Waals surface area contributed by atoms with Gasteiger partial charge in [-0.15, -0.1) is 0 Å². The van der Waals surface area contributed by atoms with E-state index in [0.29, 0.717) is 29.8 Å². The van der Waals surface area contributed by atoms with Crippen LogP contribution in [0.25, 0.3) is 20.4 Å². The van der Waals surface area contributed by atoms with E-state index in [0.717, 1.165) is 52.1 Å². The number of carbonyl (C=O) groups is 2. The molecule has 0 spiro atoms. The van der Waals surface area contributed by atoms with Crippen molar-refractivity contribution in [3.63, 3.8) is 0 Å². The molecule has 1 aromatic carbocycles. The number of rotatable bonds is 6. The average molecular weight is 538 g/mol. The summed E-state index contributed by atoms with van der Waals surface area (Å²) in [6, 6.07) is 2.01. The average Bonchev–Trinajstić information content (AvgIpc) is 3.34. The third-order valence-corrected chi connectivity index (χ3v) is 8.42. The number of aromatic nitrogens is 2. The fourth-order valence-corrected chi connectivity index (χ4v) is 6.58. The van der Waals surface area contributed by atoms with Gasteiger partial charge in [-0.2, -0.15) is 0 Å². The highest BCUT2D eigenvalue weighted by Gasteiger charge is 2.36. The first-order valence-electron chi connectivity index (χ1n) is 12.1. The number of nitrogens with one attached hydrogen (secondary N) is 3. The predicted molar refractivity (Wildman–Crippen MR) is 139 cm³/mol. The van der Waals surface area contributed by atoms with Crippen molar-refractivity contribution in [2.75, 3.05) is 63.0 Å². The highest BCUT2D eigenvalue weighted by atomic mass is 32.1. The Morgan fingerprint density at radius 3 is 2.22 bits per heavy atom. The topological polar surface area (TPSA) is 102 Å². The van der Waals surface area contributed by atoms with Crippen LogP contribution in [0.1, 0.15) is 24.8 Å². The standard InChI is InChI=1S/C23H29F2N7O2S2/c1-14-19-15(35-21(29-19)27-11-17(33)31-8-3-5-26-6-9-31)10-16-20(14)30-22(36-16)28-12-18(34)32-7-2-4-23(24,25)13-32/h10,26H,2-9,11-13H2,1H3,(H,27,29)(H,28,30). The van der Waals surface area contributed by atoms with Crippen LogP contribution in [0.15, 0.2) is 6.07 Å². The predicted octanol–water partition coefficient (Wildman–Crippen LogP) is 3.12. The fourth-order valence-electron chi connectivity index (χ4n) is 4.58. The number of aryl methyl sites for hydroxylation is 1. The molecule has 13 heteroatoms. The van der Waals surface area contributed by atoms with Crippen molar-refractivity contribution in [3.05, 3.63) is 11.6 Å². The lowest BCUT2D eigenvalue weighted by Gasteiger charge is -2.32. The number of thiazole rings is 2. The number of halogens is 2. The Morgan fingerprint density at radius 1 is 0.972 bits per heavy atom. The zero-order valence-corrected chi connectivity index (χ0v) is 21.7. The quantitative estimate of drug-likeness (QED) is 0.444. The molecule has 4 heterocycles. The van der Waals surface area contributed by atoms with Crippen LogP contribution in [0.3, 0.4) is 0 Å². The molecule has 0 bridgehead atoms. The van der Waals surface area contributed by atoms with Crippen LogP contribution < -0.4 is 16.0 Å². The molecule has 0 radical (unpaired) electrons. The van der Waals surface area contributed by atoms with Gasteiger partial charge in [0.15, 0.2) is 10.3 Å². The van der Waals surface area contributed by atoms with Crippen LogP contribution in [0, 0.1) is 6.92 Å². The minimum absolute atomic E-state index is 0.0656. The van der Waals surface area contributed by atoms with Crippen molar-refractivity contribution in [1.82, 2.24) is 25.1 Å². The lowest BCUT2D eigenvalue weighted by Crippen LogP contribution is -2.47. The summed E-state index contributed by atoms with van der Waals surface area (Å²) in [6.07, 6.45) is 1.09. The SMILES string of the molecule is Cc1c2nc(NCC(=O)N3CCCNCC3)sc2cc2sc(NCC(=O)N3CCCC(F)(F)C3)nc12. The summed E-state index contributed by atoms with van der Waals surface area (Å²) in [5.74, 6) is -3.10. The first-order chi connectivity index (χ1) is 17.3. The van der Waals surface area contributed by atoms with Crippen molar-refractivity contribution in [2.24, 2.45) is 0 Å². The van der Waals surface area contributed by atoms with Crippen molar-refractivity contribution < 1.29 is 18.4 Å². The van der Waals surface area contributed by atoms with Gasteiger partial charge in [-0.25, -0.2) is 18.7 Å². The molecule has 2 amide bonds. The van der Waals surface area contributed by atoms with E-state index >= 15 is 0 Å². The monoisotopic (exact) mass is 537 g/mol. The molecule has 3 aromatic rings. The maximum absolute atomic E-state index is 13.6. The van der Waals surface area contributed by atoms with Gasteiger partial charge in [-0.1, -0.05) is 22.7 Å². The van der Waals surface area contributed by atoms with Gasteiger partial charge in [0.25, 0.3) is 5.92 Å². The molecule has 2 aromatic heterocycles. The van der Waals surface area contributed by atoms with Gasteiger partial charge in [0.05, 0.1) is 40.1 Å². The first kappa shape index (κ1) is 25.0. The number of piperidine rings is 1. The second kappa shape index (κ2) is 10.4. The number of fused-ring (bicyclic) bond motifs is 2. The molecule has 5 rings (SSSR count). The minimum atomic E-state index is -2.81. The summed E-state index contributed by atoms with van der Waals surface area (Å²) in [4.78, 5) is 37.4. The molecule has 9 nitrogen and oxygen atoms in total. The van der Waals surface area contributed by atoms with Gasteiger partial charge in [0.1, 0.15) is 0 Å². The number of alkyl halides is 2. The molecule has 2 aliphatic heterocycles. The van der Waals surface area contributed by atoms with E-state index < -0.39 is 12.5 Å². The summed E-state index contributed by atoms with van der Waals surface area (Å²) < 4.78 is 29.2. The third-order valence-electron chi connectivity index (χ3n) is 6.50. The molecule has 194 valence electrons. The Hall–Kier alpha value is -2.64. The van der Waals surface area contributed by atoms with Crippen molar-refractivity contribution in [1.29, 1.82) is 0 Å². The lowest BCUT2D eigenvalue weighted by atomic mass is 10.1. The van der Waals surface area contributed by atoms with E-state index in [2.05, 4.69) is 20.9 Å². The summed E-state index contributed by atoms with van der Waals surface area (Å²) in [6.45, 7) is 5.15. The lowest BCUT2D eigenvalue weighted by molar-refractivity contribution is -0.139. The number of amides is 2. The number of likely N-dealkylation sites (tertiary alicyclic amines) is 1. The smallest absolute Gasteiger partial charge is 0.265 e. The largest absolute Gasteiger partial charge is 0.352 e. The van der Waals surface area contributed by atoms with E-state index in [1.54, 1.807) is 0 Å². The van der Waals surface area contributed by atoms with Crippen molar-refractivity contribution in [2.45, 2.75) is 32.1 Å². The molecule has 36 heavy (non-hydrogen) atoms. The molecular formula is C23H29F2N7O2S2. The van der Waals surface area contributed by atoms with Crippen LogP contribution in [0.4, 0.5) is 19.0 Å². The number of carbonyl (C=O) groups excluding carboxylic acids is 2. The first-order valence-corrected chi connectivity index (χ1v) is 13.7. The molecule has 2 saturated heterocycles. The maximum Gasteiger partial charge on any atom is 0.265 e. The summed E-state index contributed by atoms with van der Waals surface area (Å²) in [5, 5.41) is 10.7. The third kappa shape index (κ3) is 5.52. The summed E-state index contributed by atoms with van der Waals surface area (Å²) in [5.41, 5.74) is 2.53. The van der Waals surface area contributed by atoms with Crippen molar-refractivity contribution >= 4 is 65.2 Å². The number of nitrogens with zero attached hydrogens (tertiary/aromatic N) is 4. The molecule has 3 N–H and O–H groups in total. The second-order valence-electron chi connectivity index (χ2n) is 9.20. The van der Waals surface area contributed by atoms with Gasteiger partial charge >= 0.3 is 0 Å². The molecule has 2 aliphatic rings. The zero-order chi connectivity index (χ0) is 25.3. The number of benzene rings is 1. The molecule has 0 saturated carbocycles. The Kier molecular flexibility index (Phi) is 7.22. The maximum atomic E-state index is 13.6. The van der Waals surface area contributed by atoms with E-state index in [-0.39, 0.29) is 31.3 Å². The molecule has 2 fully saturated rings. The van der Waals surface area contributed by atoms with Crippen molar-refractivity contribution in [3.8, 4) is 0 Å². The molecule has 0 aliphatic carbocycles. The minimum Gasteiger partial charge on any atom is -0.352 e. The summed E-state index contributed by atoms with van der Waals surface area (Å²) >= 11 is 2.90. The Morgan fingerprint density at radius 2 is 1.58 bits per heavy atom. The Balaban J connectivity index is 1.23. The van der Waals surface area contributed by atoms with E-state index in [1.165, 1.54) is 27.6 Å². The zero-order valence-electron chi connectivity index (χ0n) is 20.0. The number of hydrogen-bond donors (Lipinski definition) is 3. The van der Waals surface area contributed by atoms with Gasteiger partial charge < -0.3 is 25.8 Å². The Labute approximate surface area is 215 Å². The van der Waals surface area contributed by atoms with Crippen LogP contribution in [-0.2, 0) is 9.59 Å². The summed E-state index contributed by atoms with van der Waals surface area (Å²) in [7, 11) is 0.